The van der Waals surface area contributed by atoms with Crippen LogP contribution in [0.25, 0.3) is 0 Å². The lowest BCUT2D eigenvalue weighted by Gasteiger charge is -2.28. The quantitative estimate of drug-likeness (QED) is 0.247. The van der Waals surface area contributed by atoms with Crippen molar-refractivity contribution < 1.29 is 19.1 Å². The maximum Gasteiger partial charge on any atom is 0.251 e. The number of ether oxygens (including phenoxy) is 1. The lowest BCUT2D eigenvalue weighted by atomic mass is 10.1. The predicted molar refractivity (Wildman–Crippen MR) is 173 cm³/mol. The van der Waals surface area contributed by atoms with Gasteiger partial charge in [-0.1, -0.05) is 88.4 Å². The topological polar surface area (TPSA) is 87.7 Å². The fourth-order valence-corrected chi connectivity index (χ4v) is 4.74. The van der Waals surface area contributed by atoms with Crippen LogP contribution in [-0.4, -0.2) is 53.4 Å². The molecule has 7 nitrogen and oxygen atoms in total. The van der Waals surface area contributed by atoms with Gasteiger partial charge in [0, 0.05) is 18.5 Å². The van der Waals surface area contributed by atoms with Crippen molar-refractivity contribution in [2.24, 2.45) is 0 Å². The SMILES string of the molecule is C=C1CC(NC(=O)C2CCCN2C(=O)C(C)NC(=O)C(/C=C\C=C/C)=C/C)C(C)O1.CC.CCCCc1ccccc1. The second kappa shape index (κ2) is 20.3. The first-order chi connectivity index (χ1) is 20.2. The molecule has 232 valence electrons. The predicted octanol–water partition coefficient (Wildman–Crippen LogP) is 6.42. The number of rotatable bonds is 10. The van der Waals surface area contributed by atoms with E-state index in [2.05, 4.69) is 54.5 Å². The Balaban J connectivity index is 0.000000613. The van der Waals surface area contributed by atoms with Crippen LogP contribution >= 0.6 is 0 Å². The minimum absolute atomic E-state index is 0.138. The van der Waals surface area contributed by atoms with E-state index >= 15 is 0 Å². The first-order valence-corrected chi connectivity index (χ1v) is 15.5. The number of unbranched alkanes of at least 4 members (excludes halogenated alkanes) is 1. The zero-order valence-electron chi connectivity index (χ0n) is 26.8. The highest BCUT2D eigenvalue weighted by Gasteiger charge is 2.38. The third kappa shape index (κ3) is 12.1. The summed E-state index contributed by atoms with van der Waals surface area (Å²) in [6.07, 6.45) is 14.5. The molecule has 42 heavy (non-hydrogen) atoms. The van der Waals surface area contributed by atoms with Crippen molar-refractivity contribution in [3.8, 4) is 0 Å². The normalized spacial score (nSPS) is 20.7. The van der Waals surface area contributed by atoms with Crippen LogP contribution in [0, 0.1) is 0 Å². The number of nitrogens with one attached hydrogen (secondary N) is 2. The molecule has 3 amide bonds. The van der Waals surface area contributed by atoms with Gasteiger partial charge in [0.25, 0.3) is 5.91 Å². The average molecular weight is 580 g/mol. The number of aryl methyl sites for hydroxylation is 1. The average Bonchev–Trinajstić information content (AvgIpc) is 3.61. The molecule has 0 bridgehead atoms. The standard InChI is InChI=1S/C23H33N3O4.C10H14.C2H6/c1-6-8-9-11-18(7-2)21(27)24-16(4)23(29)26-13-10-12-20(26)22(28)25-19-14-15(3)30-17(19)5;1-2-3-7-10-8-5-4-6-9-10;1-2/h6-9,11,16-17,19-20H,3,10,12-14H2,1-2,4-5H3,(H,24,27)(H,25,28);4-6,8-9H,2-3,7H2,1H3;1-2H3/b8-6-,11-9-,18-7+;;. The minimum Gasteiger partial charge on any atom is -0.493 e. The van der Waals surface area contributed by atoms with Crippen molar-refractivity contribution in [3.63, 3.8) is 0 Å². The number of carbonyl (C=O) groups excluding carboxylic acids is 3. The number of nitrogens with zero attached hydrogens (tertiary/aromatic N) is 1. The number of hydrogen-bond acceptors (Lipinski definition) is 4. The molecule has 0 radical (unpaired) electrons. The summed E-state index contributed by atoms with van der Waals surface area (Å²) in [5.74, 6) is -0.103. The number of amides is 3. The monoisotopic (exact) mass is 579 g/mol. The molecule has 4 unspecified atom stereocenters. The van der Waals surface area contributed by atoms with E-state index in [1.54, 1.807) is 37.0 Å². The van der Waals surface area contributed by atoms with Gasteiger partial charge in [-0.2, -0.15) is 0 Å². The molecule has 0 spiro atoms. The van der Waals surface area contributed by atoms with Crippen LogP contribution in [0.5, 0.6) is 0 Å². The van der Waals surface area contributed by atoms with E-state index in [0.29, 0.717) is 30.7 Å². The van der Waals surface area contributed by atoms with Gasteiger partial charge >= 0.3 is 0 Å². The van der Waals surface area contributed by atoms with Crippen molar-refractivity contribution in [1.29, 1.82) is 0 Å². The molecule has 7 heteroatoms. The molecule has 2 fully saturated rings. The number of hydrogen-bond donors (Lipinski definition) is 2. The van der Waals surface area contributed by atoms with E-state index in [1.807, 2.05) is 39.8 Å². The Morgan fingerprint density at radius 3 is 2.40 bits per heavy atom. The molecule has 2 N–H and O–H groups in total. The van der Waals surface area contributed by atoms with Gasteiger partial charge in [0.15, 0.2) is 0 Å². The van der Waals surface area contributed by atoms with Crippen molar-refractivity contribution in [1.82, 2.24) is 15.5 Å². The van der Waals surface area contributed by atoms with Crippen molar-refractivity contribution in [2.75, 3.05) is 6.54 Å². The van der Waals surface area contributed by atoms with Crippen LogP contribution < -0.4 is 10.6 Å². The van der Waals surface area contributed by atoms with Gasteiger partial charge in [-0.3, -0.25) is 14.4 Å². The van der Waals surface area contributed by atoms with Gasteiger partial charge < -0.3 is 20.3 Å². The summed E-state index contributed by atoms with van der Waals surface area (Å²) in [6.45, 7) is 17.7. The summed E-state index contributed by atoms with van der Waals surface area (Å²) in [6, 6.07) is 9.25. The Labute approximate surface area is 254 Å². The fraction of sp³-hybridized carbons (Fsp3) is 0.514. The van der Waals surface area contributed by atoms with E-state index in [4.69, 9.17) is 4.74 Å². The molecular formula is C35H53N3O4. The van der Waals surface area contributed by atoms with E-state index in [9.17, 15) is 14.4 Å². The lowest BCUT2D eigenvalue weighted by Crippen LogP contribution is -2.54. The zero-order chi connectivity index (χ0) is 31.5. The van der Waals surface area contributed by atoms with Gasteiger partial charge in [-0.25, -0.2) is 0 Å². The van der Waals surface area contributed by atoms with Gasteiger partial charge in [0.1, 0.15) is 18.2 Å². The van der Waals surface area contributed by atoms with Crippen LogP contribution in [0.2, 0.25) is 0 Å². The van der Waals surface area contributed by atoms with Crippen LogP contribution in [0.3, 0.4) is 0 Å². The third-order valence-electron chi connectivity index (χ3n) is 7.07. The van der Waals surface area contributed by atoms with Gasteiger partial charge in [-0.15, -0.1) is 0 Å². The van der Waals surface area contributed by atoms with Gasteiger partial charge in [-0.05, 0) is 65.0 Å². The van der Waals surface area contributed by atoms with Crippen molar-refractivity contribution >= 4 is 17.7 Å². The van der Waals surface area contributed by atoms with E-state index in [-0.39, 0.29) is 29.9 Å². The lowest BCUT2D eigenvalue weighted by molar-refractivity contribution is -0.141. The highest BCUT2D eigenvalue weighted by Crippen LogP contribution is 2.24. The zero-order valence-corrected chi connectivity index (χ0v) is 26.8. The summed E-state index contributed by atoms with van der Waals surface area (Å²) in [5, 5.41) is 5.73. The van der Waals surface area contributed by atoms with E-state index in [0.717, 1.165) is 6.42 Å². The largest absolute Gasteiger partial charge is 0.493 e. The van der Waals surface area contributed by atoms with Crippen molar-refractivity contribution in [2.45, 2.75) is 111 Å². The van der Waals surface area contributed by atoms with E-state index < -0.39 is 12.1 Å². The molecule has 1 aromatic rings. The fourth-order valence-electron chi connectivity index (χ4n) is 4.74. The van der Waals surface area contributed by atoms with Crippen LogP contribution in [0.15, 0.2) is 78.6 Å². The molecule has 2 aliphatic rings. The summed E-state index contributed by atoms with van der Waals surface area (Å²) in [5.41, 5.74) is 1.93. The maximum atomic E-state index is 13.0. The van der Waals surface area contributed by atoms with Gasteiger partial charge in [0.05, 0.1) is 11.8 Å². The minimum atomic E-state index is -0.732. The second-order valence-corrected chi connectivity index (χ2v) is 10.3. The number of allylic oxidation sites excluding steroid dienone is 4. The first kappa shape index (κ1) is 36.4. The Bertz CT molecular complexity index is 1080. The molecule has 3 rings (SSSR count). The molecule has 4 atom stereocenters. The first-order valence-electron chi connectivity index (χ1n) is 15.5. The van der Waals surface area contributed by atoms with E-state index in [1.165, 1.54) is 24.8 Å². The Morgan fingerprint density at radius 2 is 1.83 bits per heavy atom. The number of benzene rings is 1. The third-order valence-corrected chi connectivity index (χ3v) is 7.07. The van der Waals surface area contributed by atoms with Crippen LogP contribution in [0.4, 0.5) is 0 Å². The van der Waals surface area contributed by atoms with Gasteiger partial charge in [0.2, 0.25) is 11.8 Å². The summed E-state index contributed by atoms with van der Waals surface area (Å²) >= 11 is 0. The second-order valence-electron chi connectivity index (χ2n) is 10.3. The van der Waals surface area contributed by atoms with Crippen LogP contribution in [-0.2, 0) is 25.5 Å². The summed E-state index contributed by atoms with van der Waals surface area (Å²) in [4.78, 5) is 39.8. The molecule has 0 aromatic heterocycles. The molecule has 2 saturated heterocycles. The molecule has 1 aromatic carbocycles. The smallest absolute Gasteiger partial charge is 0.251 e. The summed E-state index contributed by atoms with van der Waals surface area (Å²) < 4.78 is 5.51. The highest BCUT2D eigenvalue weighted by molar-refractivity contribution is 5.99. The molecule has 2 heterocycles. The number of carbonyl (C=O) groups is 3. The molecular weight excluding hydrogens is 526 g/mol. The molecule has 0 saturated carbocycles. The Kier molecular flexibility index (Phi) is 17.6. The Hall–Kier alpha value is -3.61. The number of likely N-dealkylation sites (tertiary alicyclic amines) is 1. The van der Waals surface area contributed by atoms with Crippen molar-refractivity contribution in [3.05, 3.63) is 84.2 Å². The van der Waals surface area contributed by atoms with Crippen LogP contribution in [0.1, 0.15) is 86.1 Å². The summed E-state index contributed by atoms with van der Waals surface area (Å²) in [7, 11) is 0. The molecule has 0 aliphatic carbocycles. The maximum absolute atomic E-state index is 13.0. The Morgan fingerprint density at radius 1 is 1.14 bits per heavy atom. The highest BCUT2D eigenvalue weighted by atomic mass is 16.5. The molecule has 2 aliphatic heterocycles.